The number of piperidine rings is 1. The summed E-state index contributed by atoms with van der Waals surface area (Å²) in [7, 11) is 1.78. The second-order valence-electron chi connectivity index (χ2n) is 10.2. The van der Waals surface area contributed by atoms with Crippen molar-refractivity contribution in [1.82, 2.24) is 9.80 Å². The van der Waals surface area contributed by atoms with Crippen molar-refractivity contribution < 1.29 is 23.2 Å². The van der Waals surface area contributed by atoms with E-state index in [2.05, 4.69) is 0 Å². The standard InChI is InChI=1S/C28H30F2N2O3/c1-31(27(34)18-6-7-18)25(14-19-8-9-20(29)15-24(19)30)17-10-12-32(13-11-17)28(35)23-16-26(33)22-5-3-2-4-21(22)23/h2-5,8-9,15,17-18,23,25H,6-7,10-14,16H2,1H3. The lowest BCUT2D eigenvalue weighted by atomic mass is 9.84. The van der Waals surface area contributed by atoms with Gasteiger partial charge < -0.3 is 9.80 Å². The van der Waals surface area contributed by atoms with E-state index in [1.54, 1.807) is 18.0 Å². The molecule has 184 valence electrons. The SMILES string of the molecule is CN(C(=O)C1CC1)C(Cc1ccc(F)cc1F)C1CCN(C(=O)C2CC(=O)c3ccccc32)CC1. The molecule has 2 aliphatic carbocycles. The van der Waals surface area contributed by atoms with Gasteiger partial charge in [0.1, 0.15) is 11.6 Å². The number of Topliss-reactive ketones (excluding diaryl/α,β-unsaturated/α-hetero) is 1. The second kappa shape index (κ2) is 9.51. The smallest absolute Gasteiger partial charge is 0.230 e. The molecule has 0 N–H and O–H groups in total. The van der Waals surface area contributed by atoms with Crippen molar-refractivity contribution in [3.63, 3.8) is 0 Å². The van der Waals surface area contributed by atoms with Crippen molar-refractivity contribution in [3.05, 3.63) is 70.8 Å². The van der Waals surface area contributed by atoms with Crippen LogP contribution in [0.2, 0.25) is 0 Å². The van der Waals surface area contributed by atoms with Gasteiger partial charge in [-0.05, 0) is 55.2 Å². The van der Waals surface area contributed by atoms with Gasteiger partial charge in [-0.25, -0.2) is 8.78 Å². The monoisotopic (exact) mass is 480 g/mol. The maximum atomic E-state index is 14.5. The van der Waals surface area contributed by atoms with Gasteiger partial charge in [0, 0.05) is 50.1 Å². The number of carbonyl (C=O) groups is 3. The maximum absolute atomic E-state index is 14.5. The van der Waals surface area contributed by atoms with Crippen LogP contribution in [0.4, 0.5) is 8.78 Å². The van der Waals surface area contributed by atoms with Crippen molar-refractivity contribution in [1.29, 1.82) is 0 Å². The zero-order valence-electron chi connectivity index (χ0n) is 19.9. The Morgan fingerprint density at radius 2 is 1.77 bits per heavy atom. The van der Waals surface area contributed by atoms with E-state index in [1.165, 1.54) is 12.1 Å². The minimum absolute atomic E-state index is 0.00966. The van der Waals surface area contributed by atoms with Crippen molar-refractivity contribution in [3.8, 4) is 0 Å². The van der Waals surface area contributed by atoms with Crippen molar-refractivity contribution >= 4 is 17.6 Å². The van der Waals surface area contributed by atoms with E-state index in [-0.39, 0.29) is 41.9 Å². The average Bonchev–Trinajstić information content (AvgIpc) is 3.66. The van der Waals surface area contributed by atoms with Crippen LogP contribution in [0.1, 0.15) is 59.5 Å². The molecule has 2 atom stereocenters. The van der Waals surface area contributed by atoms with Crippen LogP contribution in [0.15, 0.2) is 42.5 Å². The quantitative estimate of drug-likeness (QED) is 0.618. The number of hydrogen-bond acceptors (Lipinski definition) is 3. The van der Waals surface area contributed by atoms with E-state index in [9.17, 15) is 23.2 Å². The average molecular weight is 481 g/mol. The van der Waals surface area contributed by atoms with Gasteiger partial charge in [0.2, 0.25) is 11.8 Å². The fourth-order valence-corrected chi connectivity index (χ4v) is 5.72. The lowest BCUT2D eigenvalue weighted by Crippen LogP contribution is -2.49. The van der Waals surface area contributed by atoms with E-state index in [1.807, 2.05) is 23.1 Å². The van der Waals surface area contributed by atoms with Crippen LogP contribution in [0.25, 0.3) is 0 Å². The van der Waals surface area contributed by atoms with Gasteiger partial charge in [-0.2, -0.15) is 0 Å². The molecule has 1 saturated heterocycles. The molecule has 1 heterocycles. The summed E-state index contributed by atoms with van der Waals surface area (Å²) < 4.78 is 27.9. The second-order valence-corrected chi connectivity index (χ2v) is 10.2. The highest BCUT2D eigenvalue weighted by Gasteiger charge is 2.41. The van der Waals surface area contributed by atoms with Gasteiger partial charge in [-0.15, -0.1) is 0 Å². The van der Waals surface area contributed by atoms with Crippen molar-refractivity contribution in [2.45, 2.75) is 50.5 Å². The molecule has 1 aliphatic heterocycles. The predicted octanol–water partition coefficient (Wildman–Crippen LogP) is 4.35. The molecule has 5 rings (SSSR count). The summed E-state index contributed by atoms with van der Waals surface area (Å²) in [6.45, 7) is 1.06. The van der Waals surface area contributed by atoms with Crippen LogP contribution in [0.3, 0.4) is 0 Å². The van der Waals surface area contributed by atoms with Gasteiger partial charge >= 0.3 is 0 Å². The topological polar surface area (TPSA) is 57.7 Å². The van der Waals surface area contributed by atoms with Crippen LogP contribution in [-0.2, 0) is 16.0 Å². The summed E-state index contributed by atoms with van der Waals surface area (Å²) in [6, 6.07) is 10.7. The normalized spacial score (nSPS) is 21.1. The molecule has 0 radical (unpaired) electrons. The molecule has 2 unspecified atom stereocenters. The molecule has 2 aromatic rings. The van der Waals surface area contributed by atoms with Crippen molar-refractivity contribution in [2.24, 2.45) is 11.8 Å². The fourth-order valence-electron chi connectivity index (χ4n) is 5.72. The Balaban J connectivity index is 1.29. The molecule has 3 aliphatic rings. The molecule has 35 heavy (non-hydrogen) atoms. The van der Waals surface area contributed by atoms with Gasteiger partial charge in [0.15, 0.2) is 5.78 Å². The number of likely N-dealkylation sites (N-methyl/N-ethyl adjacent to an activating group) is 1. The van der Waals surface area contributed by atoms with E-state index < -0.39 is 17.6 Å². The third kappa shape index (κ3) is 4.73. The maximum Gasteiger partial charge on any atom is 0.230 e. The van der Waals surface area contributed by atoms with E-state index in [4.69, 9.17) is 0 Å². The zero-order chi connectivity index (χ0) is 24.7. The van der Waals surface area contributed by atoms with Gasteiger partial charge in [-0.1, -0.05) is 30.3 Å². The number of rotatable bonds is 6. The van der Waals surface area contributed by atoms with E-state index >= 15 is 0 Å². The van der Waals surface area contributed by atoms with Crippen LogP contribution in [0.5, 0.6) is 0 Å². The molecular weight excluding hydrogens is 450 g/mol. The first-order chi connectivity index (χ1) is 16.8. The molecule has 0 bridgehead atoms. The molecule has 2 aromatic carbocycles. The third-order valence-electron chi connectivity index (χ3n) is 7.94. The lowest BCUT2D eigenvalue weighted by molar-refractivity contribution is -0.137. The summed E-state index contributed by atoms with van der Waals surface area (Å²) in [5.74, 6) is -1.45. The van der Waals surface area contributed by atoms with Crippen LogP contribution in [-0.4, -0.2) is 53.6 Å². The third-order valence-corrected chi connectivity index (χ3v) is 7.94. The number of fused-ring (bicyclic) bond motifs is 1. The highest BCUT2D eigenvalue weighted by molar-refractivity contribution is 6.06. The lowest BCUT2D eigenvalue weighted by Gasteiger charge is -2.41. The Morgan fingerprint density at radius 3 is 2.46 bits per heavy atom. The van der Waals surface area contributed by atoms with Crippen LogP contribution < -0.4 is 0 Å². The molecule has 0 spiro atoms. The van der Waals surface area contributed by atoms with E-state index in [0.29, 0.717) is 43.5 Å². The number of ketones is 1. The minimum Gasteiger partial charge on any atom is -0.342 e. The summed E-state index contributed by atoms with van der Waals surface area (Å²) >= 11 is 0. The highest BCUT2D eigenvalue weighted by Crippen LogP contribution is 2.37. The van der Waals surface area contributed by atoms with Crippen LogP contribution in [0, 0.1) is 23.5 Å². The largest absolute Gasteiger partial charge is 0.342 e. The zero-order valence-corrected chi connectivity index (χ0v) is 19.9. The first-order valence-corrected chi connectivity index (χ1v) is 12.4. The van der Waals surface area contributed by atoms with Crippen LogP contribution >= 0.6 is 0 Å². The molecule has 0 aromatic heterocycles. The number of carbonyl (C=O) groups excluding carboxylic acids is 3. The Bertz CT molecular complexity index is 1150. The van der Waals surface area contributed by atoms with Gasteiger partial charge in [0.25, 0.3) is 0 Å². The number of nitrogens with zero attached hydrogens (tertiary/aromatic N) is 2. The molecule has 7 heteroatoms. The van der Waals surface area contributed by atoms with Gasteiger partial charge in [0.05, 0.1) is 5.92 Å². The summed E-state index contributed by atoms with van der Waals surface area (Å²) in [5.41, 5.74) is 1.85. The Hall–Kier alpha value is -3.09. The predicted molar refractivity (Wildman–Crippen MR) is 127 cm³/mol. The molecule has 2 amide bonds. The first kappa shape index (κ1) is 23.6. The fraction of sp³-hybridized carbons (Fsp3) is 0.464. The molecule has 2 fully saturated rings. The molecule has 1 saturated carbocycles. The molecule has 5 nitrogen and oxygen atoms in total. The Kier molecular flexibility index (Phi) is 6.43. The number of benzene rings is 2. The summed E-state index contributed by atoms with van der Waals surface area (Å²) in [4.78, 5) is 42.2. The number of likely N-dealkylation sites (tertiary alicyclic amines) is 1. The first-order valence-electron chi connectivity index (χ1n) is 12.4. The van der Waals surface area contributed by atoms with Crippen molar-refractivity contribution in [2.75, 3.05) is 20.1 Å². The number of amides is 2. The van der Waals surface area contributed by atoms with Gasteiger partial charge in [-0.3, -0.25) is 14.4 Å². The number of halogens is 2. The highest BCUT2D eigenvalue weighted by atomic mass is 19.1. The summed E-state index contributed by atoms with van der Waals surface area (Å²) in [5, 5.41) is 0. The Labute approximate surface area is 204 Å². The van der Waals surface area contributed by atoms with E-state index in [0.717, 1.165) is 24.5 Å². The number of hydrogen-bond donors (Lipinski definition) is 0. The molecular formula is C28H30F2N2O3. The summed E-state index contributed by atoms with van der Waals surface area (Å²) in [6.07, 6.45) is 3.66. The minimum atomic E-state index is -0.621. The Morgan fingerprint density at radius 1 is 1.06 bits per heavy atom.